The quantitative estimate of drug-likeness (QED) is 0.490. The number of hydrogen-bond acceptors (Lipinski definition) is 7. The largest absolute Gasteiger partial charge is 0.497 e. The molecule has 0 saturated carbocycles. The van der Waals surface area contributed by atoms with Crippen molar-refractivity contribution in [2.75, 3.05) is 7.11 Å². The summed E-state index contributed by atoms with van der Waals surface area (Å²) >= 11 is 0. The van der Waals surface area contributed by atoms with Crippen LogP contribution in [0.15, 0.2) is 59.6 Å². The summed E-state index contributed by atoms with van der Waals surface area (Å²) in [7, 11) is 1.61. The molecule has 0 aliphatic rings. The van der Waals surface area contributed by atoms with E-state index in [0.717, 1.165) is 16.9 Å². The number of nitrogens with one attached hydrogen (secondary N) is 1. The van der Waals surface area contributed by atoms with E-state index in [1.807, 2.05) is 38.1 Å². The summed E-state index contributed by atoms with van der Waals surface area (Å²) in [5.74, 6) is 2.32. The summed E-state index contributed by atoms with van der Waals surface area (Å²) in [6, 6.07) is 11.1. The Labute approximate surface area is 179 Å². The maximum atomic E-state index is 12.5. The second-order valence-corrected chi connectivity index (χ2v) is 7.21. The maximum Gasteiger partial charge on any atom is 0.271 e. The fourth-order valence-electron chi connectivity index (χ4n) is 2.86. The molecule has 158 valence electrons. The molecule has 0 aliphatic carbocycles. The van der Waals surface area contributed by atoms with Crippen LogP contribution >= 0.6 is 0 Å². The third kappa shape index (κ3) is 4.61. The first-order valence-corrected chi connectivity index (χ1v) is 9.79. The lowest BCUT2D eigenvalue weighted by Crippen LogP contribution is -2.23. The molecule has 1 N–H and O–H groups in total. The number of aromatic nitrogens is 5. The van der Waals surface area contributed by atoms with E-state index in [9.17, 15) is 4.79 Å². The first kappa shape index (κ1) is 20.3. The Hall–Kier alpha value is -4.01. The summed E-state index contributed by atoms with van der Waals surface area (Å²) < 4.78 is 12.2. The van der Waals surface area contributed by atoms with Crippen molar-refractivity contribution < 1.29 is 14.1 Å². The van der Waals surface area contributed by atoms with Gasteiger partial charge in [-0.25, -0.2) is 9.97 Å². The summed E-state index contributed by atoms with van der Waals surface area (Å²) in [5, 5.41) is 6.85. The average molecular weight is 418 g/mol. The lowest BCUT2D eigenvalue weighted by Gasteiger charge is -2.05. The number of amides is 1. The van der Waals surface area contributed by atoms with Gasteiger partial charge in [0.1, 0.15) is 23.6 Å². The monoisotopic (exact) mass is 418 g/mol. The summed E-state index contributed by atoms with van der Waals surface area (Å²) in [5.41, 5.74) is 1.99. The van der Waals surface area contributed by atoms with Gasteiger partial charge in [0.2, 0.25) is 0 Å². The highest BCUT2D eigenvalue weighted by Crippen LogP contribution is 2.21. The van der Waals surface area contributed by atoms with E-state index >= 15 is 0 Å². The smallest absolute Gasteiger partial charge is 0.271 e. The molecular formula is C22H22N6O3. The van der Waals surface area contributed by atoms with Gasteiger partial charge in [-0.05, 0) is 29.8 Å². The molecule has 3 aromatic heterocycles. The first-order chi connectivity index (χ1) is 15.0. The molecule has 0 spiro atoms. The van der Waals surface area contributed by atoms with E-state index in [0.29, 0.717) is 29.8 Å². The zero-order valence-corrected chi connectivity index (χ0v) is 17.4. The van der Waals surface area contributed by atoms with Gasteiger partial charge in [-0.1, -0.05) is 31.1 Å². The fourth-order valence-corrected chi connectivity index (χ4v) is 2.86. The molecule has 0 saturated heterocycles. The Morgan fingerprint density at radius 1 is 1.19 bits per heavy atom. The van der Waals surface area contributed by atoms with E-state index < -0.39 is 0 Å². The van der Waals surface area contributed by atoms with E-state index in [1.165, 1.54) is 0 Å². The van der Waals surface area contributed by atoms with Crippen LogP contribution in [0.5, 0.6) is 5.75 Å². The molecule has 31 heavy (non-hydrogen) atoms. The molecule has 9 nitrogen and oxygen atoms in total. The van der Waals surface area contributed by atoms with Crippen LogP contribution in [-0.2, 0) is 6.54 Å². The SMILES string of the molecule is COc1ccc(CNC(=O)c2cn(-c3cc(-c4nc(C(C)C)no4)ccn3)cn2)cc1. The zero-order chi connectivity index (χ0) is 21.8. The van der Waals surface area contributed by atoms with Crippen LogP contribution in [0.25, 0.3) is 17.3 Å². The molecule has 1 aromatic carbocycles. The van der Waals surface area contributed by atoms with Gasteiger partial charge in [-0.2, -0.15) is 4.98 Å². The Morgan fingerprint density at radius 2 is 2.00 bits per heavy atom. The molecule has 1 amide bonds. The van der Waals surface area contributed by atoms with Crippen molar-refractivity contribution in [2.24, 2.45) is 0 Å². The lowest BCUT2D eigenvalue weighted by molar-refractivity contribution is 0.0946. The van der Waals surface area contributed by atoms with Crippen LogP contribution in [0.3, 0.4) is 0 Å². The van der Waals surface area contributed by atoms with Gasteiger partial charge in [0.25, 0.3) is 11.8 Å². The Kier molecular flexibility index (Phi) is 5.74. The molecule has 0 radical (unpaired) electrons. The second kappa shape index (κ2) is 8.78. The van der Waals surface area contributed by atoms with Gasteiger partial charge in [0.05, 0.1) is 7.11 Å². The lowest BCUT2D eigenvalue weighted by atomic mass is 10.2. The Bertz CT molecular complexity index is 1180. The van der Waals surface area contributed by atoms with E-state index in [2.05, 4.69) is 25.4 Å². The van der Waals surface area contributed by atoms with Crippen LogP contribution < -0.4 is 10.1 Å². The van der Waals surface area contributed by atoms with Gasteiger partial charge in [-0.15, -0.1) is 0 Å². The summed E-state index contributed by atoms with van der Waals surface area (Å²) in [6.45, 7) is 4.39. The maximum absolute atomic E-state index is 12.5. The van der Waals surface area contributed by atoms with Gasteiger partial charge in [0, 0.05) is 30.4 Å². The number of methoxy groups -OCH3 is 1. The van der Waals surface area contributed by atoms with Crippen LogP contribution in [0, 0.1) is 0 Å². The number of ether oxygens (including phenoxy) is 1. The van der Waals surface area contributed by atoms with Crippen molar-refractivity contribution in [3.63, 3.8) is 0 Å². The zero-order valence-electron chi connectivity index (χ0n) is 17.4. The van der Waals surface area contributed by atoms with Gasteiger partial charge >= 0.3 is 0 Å². The molecule has 0 atom stereocenters. The Morgan fingerprint density at radius 3 is 2.71 bits per heavy atom. The summed E-state index contributed by atoms with van der Waals surface area (Å²) in [4.78, 5) is 25.4. The van der Waals surface area contributed by atoms with Crippen LogP contribution in [-0.4, -0.2) is 37.7 Å². The van der Waals surface area contributed by atoms with E-state index in [4.69, 9.17) is 9.26 Å². The third-order valence-corrected chi connectivity index (χ3v) is 4.64. The number of imidazole rings is 1. The molecule has 3 heterocycles. The molecule has 0 fully saturated rings. The highest BCUT2D eigenvalue weighted by Gasteiger charge is 2.14. The molecule has 4 rings (SSSR count). The van der Waals surface area contributed by atoms with Crippen molar-refractivity contribution >= 4 is 5.91 Å². The second-order valence-electron chi connectivity index (χ2n) is 7.21. The van der Waals surface area contributed by atoms with Crippen molar-refractivity contribution in [2.45, 2.75) is 26.3 Å². The topological polar surface area (TPSA) is 108 Å². The third-order valence-electron chi connectivity index (χ3n) is 4.64. The standard InChI is InChI=1S/C22H22N6O3/c1-14(2)20-26-22(31-27-20)16-8-9-23-19(10-16)28-12-18(25-13-28)21(29)24-11-15-4-6-17(30-3)7-5-15/h4-10,12-14H,11H2,1-3H3,(H,24,29). The number of carbonyl (C=O) groups excluding carboxylic acids is 1. The molecule has 9 heteroatoms. The minimum atomic E-state index is -0.274. The van der Waals surface area contributed by atoms with E-state index in [-0.39, 0.29) is 11.8 Å². The minimum absolute atomic E-state index is 0.173. The molecule has 0 aliphatic heterocycles. The minimum Gasteiger partial charge on any atom is -0.497 e. The van der Waals surface area contributed by atoms with Crippen LogP contribution in [0.4, 0.5) is 0 Å². The van der Waals surface area contributed by atoms with Crippen molar-refractivity contribution in [3.8, 4) is 23.0 Å². The van der Waals surface area contributed by atoms with Crippen molar-refractivity contribution in [1.82, 2.24) is 30.0 Å². The number of nitrogens with zero attached hydrogens (tertiary/aromatic N) is 5. The van der Waals surface area contributed by atoms with Crippen LogP contribution in [0.2, 0.25) is 0 Å². The number of carbonyl (C=O) groups is 1. The van der Waals surface area contributed by atoms with Crippen molar-refractivity contribution in [3.05, 3.63) is 72.2 Å². The predicted octanol–water partition coefficient (Wildman–Crippen LogP) is 3.38. The van der Waals surface area contributed by atoms with E-state index in [1.54, 1.807) is 42.5 Å². The van der Waals surface area contributed by atoms with Gasteiger partial charge < -0.3 is 14.6 Å². The number of hydrogen-bond donors (Lipinski definition) is 1. The van der Waals surface area contributed by atoms with Gasteiger partial charge in [0.15, 0.2) is 5.82 Å². The number of pyridine rings is 1. The number of rotatable bonds is 7. The van der Waals surface area contributed by atoms with Crippen molar-refractivity contribution in [1.29, 1.82) is 0 Å². The van der Waals surface area contributed by atoms with Gasteiger partial charge in [-0.3, -0.25) is 9.36 Å². The highest BCUT2D eigenvalue weighted by molar-refractivity contribution is 5.92. The molecular weight excluding hydrogens is 396 g/mol. The fraction of sp³-hybridized carbons (Fsp3) is 0.227. The highest BCUT2D eigenvalue weighted by atomic mass is 16.5. The normalized spacial score (nSPS) is 11.0. The number of benzene rings is 1. The molecule has 0 bridgehead atoms. The van der Waals surface area contributed by atoms with Crippen LogP contribution in [0.1, 0.15) is 41.6 Å². The summed E-state index contributed by atoms with van der Waals surface area (Å²) in [6.07, 6.45) is 4.82. The average Bonchev–Trinajstić information content (AvgIpc) is 3.48. The predicted molar refractivity (Wildman–Crippen MR) is 113 cm³/mol. The molecule has 4 aromatic rings. The first-order valence-electron chi connectivity index (χ1n) is 9.79. The Balaban J connectivity index is 1.45. The molecule has 0 unspecified atom stereocenters.